The highest BCUT2D eigenvalue weighted by molar-refractivity contribution is 6.04. The molecular weight excluding hydrogens is 288 g/mol. The zero-order valence-electron chi connectivity index (χ0n) is 13.2. The molecule has 6 heteroatoms. The topological polar surface area (TPSA) is 71.1 Å². The Labute approximate surface area is 129 Å². The van der Waals surface area contributed by atoms with Crippen molar-refractivity contribution in [1.29, 1.82) is 0 Å². The van der Waals surface area contributed by atoms with Crippen LogP contribution in [0.5, 0.6) is 17.2 Å². The van der Waals surface area contributed by atoms with E-state index in [1.165, 1.54) is 27.4 Å². The Morgan fingerprint density at radius 1 is 1.05 bits per heavy atom. The monoisotopic (exact) mass is 308 g/mol. The van der Waals surface area contributed by atoms with Crippen molar-refractivity contribution >= 4 is 17.8 Å². The van der Waals surface area contributed by atoms with Crippen LogP contribution in [0.3, 0.4) is 0 Å². The number of carbonyl (C=O) groups excluding carboxylic acids is 2. The standard InChI is InChI=1S/C16H20O6/c1-5-22-14(18)10-12(17)8-6-11-7-9-13(19-2)16(21-4)15(11)20-3/h6-9H,5,10H2,1-4H3. The summed E-state index contributed by atoms with van der Waals surface area (Å²) < 4.78 is 20.5. The Bertz CT molecular complexity index is 562. The highest BCUT2D eigenvalue weighted by Gasteiger charge is 2.14. The van der Waals surface area contributed by atoms with Gasteiger partial charge in [0.1, 0.15) is 6.42 Å². The van der Waals surface area contributed by atoms with Crippen molar-refractivity contribution in [2.24, 2.45) is 0 Å². The lowest BCUT2D eigenvalue weighted by Crippen LogP contribution is -2.09. The van der Waals surface area contributed by atoms with Crippen molar-refractivity contribution in [2.75, 3.05) is 27.9 Å². The highest BCUT2D eigenvalue weighted by atomic mass is 16.5. The summed E-state index contributed by atoms with van der Waals surface area (Å²) in [6, 6.07) is 3.44. The maximum absolute atomic E-state index is 11.7. The van der Waals surface area contributed by atoms with Crippen LogP contribution in [0.25, 0.3) is 6.08 Å². The van der Waals surface area contributed by atoms with E-state index in [1.807, 2.05) is 0 Å². The van der Waals surface area contributed by atoms with Crippen molar-refractivity contribution in [2.45, 2.75) is 13.3 Å². The summed E-state index contributed by atoms with van der Waals surface area (Å²) in [6.45, 7) is 1.94. The second-order valence-electron chi connectivity index (χ2n) is 4.20. The number of ether oxygens (including phenoxy) is 4. The van der Waals surface area contributed by atoms with Crippen molar-refractivity contribution in [3.05, 3.63) is 23.8 Å². The fourth-order valence-electron chi connectivity index (χ4n) is 1.85. The first-order valence-corrected chi connectivity index (χ1v) is 6.72. The zero-order valence-corrected chi connectivity index (χ0v) is 13.2. The summed E-state index contributed by atoms with van der Waals surface area (Å²) in [5.41, 5.74) is 0.636. The van der Waals surface area contributed by atoms with Gasteiger partial charge in [0.25, 0.3) is 0 Å². The van der Waals surface area contributed by atoms with Crippen LogP contribution in [0, 0.1) is 0 Å². The Morgan fingerprint density at radius 2 is 1.73 bits per heavy atom. The molecule has 0 aliphatic heterocycles. The molecule has 0 bridgehead atoms. The molecule has 0 unspecified atom stereocenters. The lowest BCUT2D eigenvalue weighted by atomic mass is 10.1. The van der Waals surface area contributed by atoms with Crippen molar-refractivity contribution in [3.63, 3.8) is 0 Å². The molecule has 0 radical (unpaired) electrons. The van der Waals surface area contributed by atoms with Gasteiger partial charge in [0, 0.05) is 5.56 Å². The Kier molecular flexibility index (Phi) is 6.95. The largest absolute Gasteiger partial charge is 0.493 e. The molecule has 0 aliphatic rings. The summed E-state index contributed by atoms with van der Waals surface area (Å²) in [5, 5.41) is 0. The number of ketones is 1. The fourth-order valence-corrected chi connectivity index (χ4v) is 1.85. The van der Waals surface area contributed by atoms with Gasteiger partial charge >= 0.3 is 5.97 Å². The van der Waals surface area contributed by atoms with Crippen LogP contribution in [-0.2, 0) is 14.3 Å². The zero-order chi connectivity index (χ0) is 16.5. The van der Waals surface area contributed by atoms with Gasteiger partial charge in [-0.05, 0) is 31.2 Å². The summed E-state index contributed by atoms with van der Waals surface area (Å²) in [4.78, 5) is 22.9. The average Bonchev–Trinajstić information content (AvgIpc) is 2.51. The molecule has 1 rings (SSSR count). The molecule has 0 spiro atoms. The number of esters is 1. The van der Waals surface area contributed by atoms with Gasteiger partial charge in [0.2, 0.25) is 5.75 Å². The third-order valence-corrected chi connectivity index (χ3v) is 2.81. The van der Waals surface area contributed by atoms with Gasteiger partial charge < -0.3 is 18.9 Å². The first-order valence-electron chi connectivity index (χ1n) is 6.72. The predicted octanol–water partition coefficient (Wildman–Crippen LogP) is 2.25. The van der Waals surface area contributed by atoms with E-state index in [9.17, 15) is 9.59 Å². The maximum Gasteiger partial charge on any atom is 0.313 e. The Morgan fingerprint density at radius 3 is 2.27 bits per heavy atom. The Balaban J connectivity index is 2.95. The number of rotatable bonds is 8. The van der Waals surface area contributed by atoms with E-state index in [2.05, 4.69) is 0 Å². The van der Waals surface area contributed by atoms with E-state index in [0.717, 1.165) is 0 Å². The number of allylic oxidation sites excluding steroid dienone is 1. The highest BCUT2D eigenvalue weighted by Crippen LogP contribution is 2.40. The molecule has 6 nitrogen and oxygen atoms in total. The summed E-state index contributed by atoms with van der Waals surface area (Å²) >= 11 is 0. The predicted molar refractivity (Wildman–Crippen MR) is 81.4 cm³/mol. The van der Waals surface area contributed by atoms with Gasteiger partial charge in [-0.25, -0.2) is 0 Å². The van der Waals surface area contributed by atoms with E-state index < -0.39 is 5.97 Å². The van der Waals surface area contributed by atoms with Gasteiger partial charge in [0.05, 0.1) is 27.9 Å². The van der Waals surface area contributed by atoms with Gasteiger partial charge in [-0.15, -0.1) is 0 Å². The minimum absolute atomic E-state index is 0.249. The molecule has 0 fully saturated rings. The normalized spacial score (nSPS) is 10.4. The summed E-state index contributed by atoms with van der Waals surface area (Å²) in [5.74, 6) is 0.507. The average molecular weight is 308 g/mol. The van der Waals surface area contributed by atoms with Gasteiger partial charge in [0.15, 0.2) is 17.3 Å². The summed E-state index contributed by atoms with van der Waals surface area (Å²) in [6.07, 6.45) is 2.57. The third-order valence-electron chi connectivity index (χ3n) is 2.81. The number of carbonyl (C=O) groups is 2. The molecule has 0 heterocycles. The Hall–Kier alpha value is -2.50. The van der Waals surface area contributed by atoms with E-state index in [4.69, 9.17) is 18.9 Å². The van der Waals surface area contributed by atoms with Gasteiger partial charge in [-0.1, -0.05) is 0 Å². The number of methoxy groups -OCH3 is 3. The SMILES string of the molecule is CCOC(=O)CC(=O)C=Cc1ccc(OC)c(OC)c1OC. The minimum Gasteiger partial charge on any atom is -0.493 e. The molecule has 0 N–H and O–H groups in total. The molecule has 1 aromatic carbocycles. The first kappa shape index (κ1) is 17.6. The lowest BCUT2D eigenvalue weighted by molar-refractivity contribution is -0.144. The summed E-state index contributed by atoms with van der Waals surface area (Å²) in [7, 11) is 4.52. The van der Waals surface area contributed by atoms with Crippen molar-refractivity contribution < 1.29 is 28.5 Å². The molecule has 22 heavy (non-hydrogen) atoms. The second-order valence-corrected chi connectivity index (χ2v) is 4.20. The van der Waals surface area contributed by atoms with Crippen LogP contribution in [0.1, 0.15) is 18.9 Å². The van der Waals surface area contributed by atoms with Crippen LogP contribution in [0.15, 0.2) is 18.2 Å². The second kappa shape index (κ2) is 8.71. The maximum atomic E-state index is 11.7. The smallest absolute Gasteiger partial charge is 0.313 e. The molecule has 0 aliphatic carbocycles. The number of hydrogen-bond acceptors (Lipinski definition) is 6. The minimum atomic E-state index is -0.545. The molecule has 0 aromatic heterocycles. The quantitative estimate of drug-likeness (QED) is 0.417. The molecule has 120 valence electrons. The van der Waals surface area contributed by atoms with E-state index in [1.54, 1.807) is 25.1 Å². The van der Waals surface area contributed by atoms with Crippen molar-refractivity contribution in [1.82, 2.24) is 0 Å². The van der Waals surface area contributed by atoms with Gasteiger partial charge in [-0.2, -0.15) is 0 Å². The van der Waals surface area contributed by atoms with Crippen LogP contribution in [0.4, 0.5) is 0 Å². The molecular formula is C16H20O6. The fraction of sp³-hybridized carbons (Fsp3) is 0.375. The molecule has 0 saturated heterocycles. The lowest BCUT2D eigenvalue weighted by Gasteiger charge is -2.13. The van der Waals surface area contributed by atoms with Gasteiger partial charge in [-0.3, -0.25) is 9.59 Å². The van der Waals surface area contributed by atoms with E-state index in [-0.39, 0.29) is 18.8 Å². The molecule has 0 saturated carbocycles. The van der Waals surface area contributed by atoms with E-state index >= 15 is 0 Å². The van der Waals surface area contributed by atoms with Crippen molar-refractivity contribution in [3.8, 4) is 17.2 Å². The van der Waals surface area contributed by atoms with Crippen LogP contribution in [0.2, 0.25) is 0 Å². The molecule has 0 atom stereocenters. The van der Waals surface area contributed by atoms with E-state index in [0.29, 0.717) is 22.8 Å². The van der Waals surface area contributed by atoms with Crippen LogP contribution < -0.4 is 14.2 Å². The third kappa shape index (κ3) is 4.51. The van der Waals surface area contributed by atoms with Crippen LogP contribution >= 0.6 is 0 Å². The first-order chi connectivity index (χ1) is 10.6. The van der Waals surface area contributed by atoms with Crippen LogP contribution in [-0.4, -0.2) is 39.7 Å². The number of benzene rings is 1. The molecule has 0 amide bonds. The number of hydrogen-bond donors (Lipinski definition) is 0. The molecule has 1 aromatic rings.